The molecule has 2 N–H and O–H groups in total. The van der Waals surface area contributed by atoms with Gasteiger partial charge in [0.15, 0.2) is 10.6 Å². The molecule has 1 saturated carbocycles. The van der Waals surface area contributed by atoms with Crippen molar-refractivity contribution >= 4 is 39.8 Å². The molecule has 1 aliphatic heterocycles. The van der Waals surface area contributed by atoms with Gasteiger partial charge < -0.3 is 14.9 Å². The summed E-state index contributed by atoms with van der Waals surface area (Å²) in [5.41, 5.74) is 1.44. The summed E-state index contributed by atoms with van der Waals surface area (Å²) >= 11 is 8.44. The smallest absolute Gasteiger partial charge is 0.226 e. The van der Waals surface area contributed by atoms with Crippen LogP contribution in [0.3, 0.4) is 0 Å². The van der Waals surface area contributed by atoms with Crippen LogP contribution >= 0.6 is 28.1 Å². The fourth-order valence-corrected chi connectivity index (χ4v) is 4.78. The van der Waals surface area contributed by atoms with Crippen molar-refractivity contribution in [2.45, 2.75) is 50.6 Å². The number of nitrogens with zero attached hydrogens (tertiary/aromatic N) is 1. The third-order valence-electron chi connectivity index (χ3n) is 5.48. The number of ketones is 1. The van der Waals surface area contributed by atoms with Crippen LogP contribution in [0.4, 0.5) is 8.78 Å². The number of nitrogens with one attached hydrogen (secondary N) is 2. The van der Waals surface area contributed by atoms with Gasteiger partial charge in [-0.05, 0) is 59.5 Å². The Kier molecular flexibility index (Phi) is 5.22. The highest BCUT2D eigenvalue weighted by Crippen LogP contribution is 2.36. The molecule has 0 bridgehead atoms. The molecule has 1 amide bonds. The van der Waals surface area contributed by atoms with E-state index in [4.69, 9.17) is 12.2 Å². The molecule has 9 heteroatoms. The molecule has 1 aliphatic carbocycles. The summed E-state index contributed by atoms with van der Waals surface area (Å²) in [5.74, 6) is -1.80. The van der Waals surface area contributed by atoms with Crippen LogP contribution in [0.5, 0.6) is 0 Å². The van der Waals surface area contributed by atoms with E-state index in [0.717, 1.165) is 12.1 Å². The predicted molar refractivity (Wildman–Crippen MR) is 105 cm³/mol. The van der Waals surface area contributed by atoms with Gasteiger partial charge in [-0.3, -0.25) is 9.59 Å². The van der Waals surface area contributed by atoms with E-state index in [1.165, 1.54) is 12.1 Å². The summed E-state index contributed by atoms with van der Waals surface area (Å²) in [6.45, 7) is 0.345. The SMILES string of the molecule is O=C(Cc1[nH]c(=S)n2c1CC(c1c(F)ccc(Br)c1F)C2)NC1CCCC1=O. The highest BCUT2D eigenvalue weighted by Gasteiger charge is 2.32. The quantitative estimate of drug-likeness (QED) is 0.529. The number of rotatable bonds is 4. The molecule has 2 atom stereocenters. The van der Waals surface area contributed by atoms with E-state index < -0.39 is 23.6 Å². The summed E-state index contributed by atoms with van der Waals surface area (Å²) in [7, 11) is 0. The Morgan fingerprint density at radius 1 is 1.39 bits per heavy atom. The van der Waals surface area contributed by atoms with Crippen molar-refractivity contribution in [1.29, 1.82) is 0 Å². The van der Waals surface area contributed by atoms with Crippen LogP contribution in [0.1, 0.15) is 42.1 Å². The maximum absolute atomic E-state index is 14.5. The number of hydrogen-bond donors (Lipinski definition) is 2. The number of fused-ring (bicyclic) bond motifs is 1. The minimum absolute atomic E-state index is 0.0272. The number of benzene rings is 1. The first-order valence-corrected chi connectivity index (χ1v) is 10.3. The molecule has 0 radical (unpaired) electrons. The number of imidazole rings is 1. The maximum Gasteiger partial charge on any atom is 0.226 e. The lowest BCUT2D eigenvalue weighted by molar-refractivity contribution is -0.126. The highest BCUT2D eigenvalue weighted by molar-refractivity contribution is 9.10. The first-order valence-electron chi connectivity index (χ1n) is 9.11. The molecule has 5 nitrogen and oxygen atoms in total. The van der Waals surface area contributed by atoms with E-state index in [2.05, 4.69) is 26.2 Å². The van der Waals surface area contributed by atoms with Gasteiger partial charge in [-0.1, -0.05) is 0 Å². The Labute approximate surface area is 173 Å². The minimum Gasteiger partial charge on any atom is -0.346 e. The Bertz CT molecular complexity index is 1030. The summed E-state index contributed by atoms with van der Waals surface area (Å²) in [6, 6.07) is 2.17. The van der Waals surface area contributed by atoms with Crippen LogP contribution in [0, 0.1) is 16.4 Å². The van der Waals surface area contributed by atoms with Gasteiger partial charge in [0.1, 0.15) is 11.6 Å². The third-order valence-corrected chi connectivity index (χ3v) is 6.42. The van der Waals surface area contributed by atoms with Crippen LogP contribution in [-0.2, 0) is 29.0 Å². The zero-order valence-corrected chi connectivity index (χ0v) is 17.3. The van der Waals surface area contributed by atoms with Crippen LogP contribution in [-0.4, -0.2) is 27.3 Å². The highest BCUT2D eigenvalue weighted by atomic mass is 79.9. The molecule has 2 aliphatic rings. The number of halogens is 3. The number of aromatic nitrogens is 2. The molecule has 4 rings (SSSR count). The average Bonchev–Trinajstić information content (AvgIpc) is 3.31. The fourth-order valence-electron chi connectivity index (χ4n) is 4.13. The maximum atomic E-state index is 14.5. The summed E-state index contributed by atoms with van der Waals surface area (Å²) in [4.78, 5) is 27.1. The molecule has 2 unspecified atom stereocenters. The van der Waals surface area contributed by atoms with Crippen molar-refractivity contribution in [1.82, 2.24) is 14.9 Å². The topological polar surface area (TPSA) is 66.9 Å². The van der Waals surface area contributed by atoms with Gasteiger partial charge >= 0.3 is 0 Å². The molecule has 0 spiro atoms. The summed E-state index contributed by atoms with van der Waals surface area (Å²) in [6.07, 6.45) is 2.38. The lowest BCUT2D eigenvalue weighted by Gasteiger charge is -2.13. The predicted octanol–water partition coefficient (Wildman–Crippen LogP) is 3.71. The van der Waals surface area contributed by atoms with Gasteiger partial charge in [0.2, 0.25) is 5.91 Å². The molecule has 2 aromatic rings. The second-order valence-electron chi connectivity index (χ2n) is 7.28. The monoisotopic (exact) mass is 469 g/mol. The number of H-pyrrole nitrogens is 1. The summed E-state index contributed by atoms with van der Waals surface area (Å²) in [5, 5.41) is 2.77. The van der Waals surface area contributed by atoms with Crippen molar-refractivity contribution < 1.29 is 18.4 Å². The van der Waals surface area contributed by atoms with E-state index >= 15 is 0 Å². The van der Waals surface area contributed by atoms with Crippen molar-refractivity contribution in [2.75, 3.05) is 0 Å². The second kappa shape index (κ2) is 7.51. The summed E-state index contributed by atoms with van der Waals surface area (Å²) < 4.78 is 31.2. The number of amides is 1. The molecule has 1 aromatic carbocycles. The number of Topliss-reactive ketones (excluding diaryl/α,β-unsaturated/α-hetero) is 1. The van der Waals surface area contributed by atoms with Gasteiger partial charge in [-0.15, -0.1) is 0 Å². The molecular weight excluding hydrogens is 452 g/mol. The van der Waals surface area contributed by atoms with Gasteiger partial charge in [0.25, 0.3) is 0 Å². The first kappa shape index (κ1) is 19.4. The van der Waals surface area contributed by atoms with Crippen molar-refractivity contribution in [3.63, 3.8) is 0 Å². The number of carbonyl (C=O) groups is 2. The van der Waals surface area contributed by atoms with Crippen LogP contribution < -0.4 is 5.32 Å². The van der Waals surface area contributed by atoms with Crippen molar-refractivity contribution in [2.24, 2.45) is 0 Å². The van der Waals surface area contributed by atoms with E-state index in [0.29, 0.717) is 36.3 Å². The van der Waals surface area contributed by atoms with Crippen LogP contribution in [0.25, 0.3) is 0 Å². The number of hydrogen-bond acceptors (Lipinski definition) is 3. The Morgan fingerprint density at radius 3 is 2.89 bits per heavy atom. The van der Waals surface area contributed by atoms with Crippen LogP contribution in [0.15, 0.2) is 16.6 Å². The molecule has 2 heterocycles. The minimum atomic E-state index is -0.607. The van der Waals surface area contributed by atoms with Gasteiger partial charge in [-0.25, -0.2) is 8.78 Å². The Morgan fingerprint density at radius 2 is 2.18 bits per heavy atom. The van der Waals surface area contributed by atoms with E-state index in [1.807, 2.05) is 0 Å². The van der Waals surface area contributed by atoms with E-state index in [1.54, 1.807) is 4.57 Å². The number of carbonyl (C=O) groups excluding carboxylic acids is 2. The van der Waals surface area contributed by atoms with Gasteiger partial charge in [0, 0.05) is 35.8 Å². The largest absolute Gasteiger partial charge is 0.346 e. The Hall–Kier alpha value is -1.87. The lowest BCUT2D eigenvalue weighted by atomic mass is 9.95. The van der Waals surface area contributed by atoms with E-state index in [9.17, 15) is 18.4 Å². The molecular formula is C19H18BrF2N3O2S. The molecule has 148 valence electrons. The zero-order valence-electron chi connectivity index (χ0n) is 14.9. The Balaban J connectivity index is 1.54. The van der Waals surface area contributed by atoms with Crippen LogP contribution in [0.2, 0.25) is 0 Å². The molecule has 0 saturated heterocycles. The van der Waals surface area contributed by atoms with Crippen molar-refractivity contribution in [3.05, 3.63) is 50.0 Å². The number of aromatic amines is 1. The van der Waals surface area contributed by atoms with Gasteiger partial charge in [0.05, 0.1) is 16.9 Å². The lowest BCUT2D eigenvalue weighted by Crippen LogP contribution is -2.38. The van der Waals surface area contributed by atoms with Gasteiger partial charge in [-0.2, -0.15) is 0 Å². The fraction of sp³-hybridized carbons (Fsp3) is 0.421. The second-order valence-corrected chi connectivity index (χ2v) is 8.52. The molecule has 28 heavy (non-hydrogen) atoms. The first-order chi connectivity index (χ1) is 13.3. The zero-order chi connectivity index (χ0) is 20.0. The van der Waals surface area contributed by atoms with Crippen molar-refractivity contribution in [3.8, 4) is 0 Å². The standard InChI is InChI=1S/C19H18BrF2N3O2S/c20-10-4-5-11(21)17(18(10)22)9-6-14-13(24-19(28)25(14)8-9)7-16(27)23-12-2-1-3-15(12)26/h4-5,9,12H,1-3,6-8H2,(H,23,27)(H,24,28). The normalized spacial score (nSPS) is 21.2. The third kappa shape index (κ3) is 3.45. The van der Waals surface area contributed by atoms with E-state index in [-0.39, 0.29) is 28.1 Å². The average molecular weight is 470 g/mol. The molecule has 1 aromatic heterocycles. The molecule has 1 fully saturated rings.